The third-order valence-corrected chi connectivity index (χ3v) is 10.9. The maximum absolute atomic E-state index is 16.2. The number of hydrogen-bond donors (Lipinski definition) is 1. The molecule has 0 spiro atoms. The van der Waals surface area contributed by atoms with Gasteiger partial charge in [-0.05, 0) is 67.9 Å². The monoisotopic (exact) mass is 818 g/mol. The molecule has 1 saturated heterocycles. The van der Waals surface area contributed by atoms with Gasteiger partial charge in [0, 0.05) is 63.3 Å². The van der Waals surface area contributed by atoms with E-state index in [1.807, 2.05) is 79.7 Å². The molecule has 59 heavy (non-hydrogen) atoms. The van der Waals surface area contributed by atoms with Crippen LogP contribution in [0.4, 0.5) is 20.0 Å². The van der Waals surface area contributed by atoms with Crippen molar-refractivity contribution in [2.24, 2.45) is 0 Å². The van der Waals surface area contributed by atoms with Crippen LogP contribution in [0.5, 0.6) is 5.75 Å². The Hall–Kier alpha value is -4.55. The highest BCUT2D eigenvalue weighted by Gasteiger charge is 2.55. The number of halogens is 2. The summed E-state index contributed by atoms with van der Waals surface area (Å²) in [6.07, 6.45) is 3.89. The number of benzene rings is 2. The molecule has 3 aromatic rings. The van der Waals surface area contributed by atoms with E-state index in [0.717, 1.165) is 44.9 Å². The summed E-state index contributed by atoms with van der Waals surface area (Å²) >= 11 is 0. The normalized spacial score (nSPS) is 20.1. The quantitative estimate of drug-likeness (QED) is 0.227. The van der Waals surface area contributed by atoms with Crippen molar-refractivity contribution < 1.29 is 46.3 Å². The lowest BCUT2D eigenvalue weighted by Gasteiger charge is -2.34. The fourth-order valence-electron chi connectivity index (χ4n) is 8.18. The van der Waals surface area contributed by atoms with E-state index >= 15 is 8.63 Å². The van der Waals surface area contributed by atoms with Gasteiger partial charge in [0.15, 0.2) is 5.70 Å². The number of hydrogen-bond acceptors (Lipinski definition) is 11. The number of nitrogens with zero attached hydrogens (tertiary/aromatic N) is 5. The van der Waals surface area contributed by atoms with E-state index < -0.39 is 6.97 Å². The zero-order chi connectivity index (χ0) is 41.5. The molecule has 7 rings (SSSR count). The third-order valence-electron chi connectivity index (χ3n) is 10.9. The van der Waals surface area contributed by atoms with Crippen molar-refractivity contribution >= 4 is 35.3 Å². The van der Waals surface area contributed by atoms with Crippen LogP contribution in [0, 0.1) is 13.8 Å². The zero-order valence-electron chi connectivity index (χ0n) is 35.1. The van der Waals surface area contributed by atoms with Gasteiger partial charge in [-0.15, -0.1) is 5.12 Å². The number of nitrogens with one attached hydrogen (secondary N) is 1. The number of rotatable bonds is 8. The van der Waals surface area contributed by atoms with Crippen LogP contribution in [0.3, 0.4) is 0 Å². The van der Waals surface area contributed by atoms with Crippen LogP contribution in [0.15, 0.2) is 72.1 Å². The predicted octanol–water partition coefficient (Wildman–Crippen LogP) is 5.63. The maximum atomic E-state index is 16.2. The van der Waals surface area contributed by atoms with Crippen LogP contribution in [-0.2, 0) is 28.4 Å². The Labute approximate surface area is 346 Å². The van der Waals surface area contributed by atoms with E-state index in [1.165, 1.54) is 8.96 Å². The van der Waals surface area contributed by atoms with Crippen molar-refractivity contribution in [3.8, 4) is 5.75 Å². The molecule has 1 fully saturated rings. The lowest BCUT2D eigenvalue weighted by Crippen LogP contribution is -2.51. The van der Waals surface area contributed by atoms with Gasteiger partial charge in [0.25, 0.3) is 0 Å². The SMILES string of the molecule is COCCOc1cc(C2=CN(c3ccc(C4=C5C(C)=CC(C)=[N+]5[B-](F)(F)n5c(C)cc(C)c54)cc3)N(C)N2)ccc1N1CCOCCOCCOCCOCCOCC1. The van der Waals surface area contributed by atoms with Gasteiger partial charge in [-0.2, -0.15) is 0 Å². The number of aromatic nitrogens is 1. The van der Waals surface area contributed by atoms with Gasteiger partial charge < -0.3 is 55.7 Å². The van der Waals surface area contributed by atoms with E-state index in [0.29, 0.717) is 121 Å². The predicted molar refractivity (Wildman–Crippen MR) is 226 cm³/mol. The fourth-order valence-corrected chi connectivity index (χ4v) is 8.18. The molecule has 16 heteroatoms. The second-order valence-electron chi connectivity index (χ2n) is 15.0. The Bertz CT molecular complexity index is 2070. The van der Waals surface area contributed by atoms with Gasteiger partial charge in [-0.25, -0.2) is 0 Å². The Morgan fingerprint density at radius 1 is 0.763 bits per heavy atom. The minimum atomic E-state index is -4.04. The summed E-state index contributed by atoms with van der Waals surface area (Å²) in [5.74, 6) is 0.712. The van der Waals surface area contributed by atoms with Gasteiger partial charge in [0.2, 0.25) is 0 Å². The van der Waals surface area contributed by atoms with Crippen molar-refractivity contribution in [3.05, 3.63) is 100 Å². The minimum Gasteiger partial charge on any atom is -0.489 e. The second kappa shape index (κ2) is 19.2. The lowest BCUT2D eigenvalue weighted by molar-refractivity contribution is -0.363. The molecule has 1 N–H and O–H groups in total. The van der Waals surface area contributed by atoms with Gasteiger partial charge in [0.05, 0.1) is 95.3 Å². The topological polar surface area (TPSA) is 94.3 Å². The van der Waals surface area contributed by atoms with Crippen LogP contribution < -0.4 is 20.1 Å². The highest BCUT2D eigenvalue weighted by molar-refractivity contribution is 6.58. The van der Waals surface area contributed by atoms with Gasteiger partial charge in [0.1, 0.15) is 18.1 Å². The minimum absolute atomic E-state index is 0.377. The van der Waals surface area contributed by atoms with Gasteiger partial charge in [-0.3, -0.25) is 10.4 Å². The number of hydrazine groups is 2. The molecule has 5 heterocycles. The van der Waals surface area contributed by atoms with Crippen molar-refractivity contribution in [2.45, 2.75) is 27.7 Å². The van der Waals surface area contributed by atoms with Crippen molar-refractivity contribution in [1.29, 1.82) is 0 Å². The number of methoxy groups -OCH3 is 1. The molecule has 0 radical (unpaired) electrons. The number of allylic oxidation sites excluding steroid dienone is 2. The average Bonchev–Trinajstić information content (AvgIpc) is 3.86. The molecular weight excluding hydrogens is 761 g/mol. The van der Waals surface area contributed by atoms with E-state index in [2.05, 4.69) is 22.5 Å². The molecule has 0 atom stereocenters. The summed E-state index contributed by atoms with van der Waals surface area (Å²) in [4.78, 5) is 2.22. The van der Waals surface area contributed by atoms with Crippen LogP contribution in [0.1, 0.15) is 41.9 Å². The molecule has 0 bridgehead atoms. The van der Waals surface area contributed by atoms with Crippen LogP contribution in [0.25, 0.3) is 11.3 Å². The summed E-state index contributed by atoms with van der Waals surface area (Å²) < 4.78 is 75.2. The zero-order valence-corrected chi connectivity index (χ0v) is 35.1. The Kier molecular flexibility index (Phi) is 13.9. The average molecular weight is 819 g/mol. The van der Waals surface area contributed by atoms with E-state index in [4.69, 9.17) is 33.2 Å². The van der Waals surface area contributed by atoms with Crippen LogP contribution in [0.2, 0.25) is 0 Å². The summed E-state index contributed by atoms with van der Waals surface area (Å²) in [6.45, 7) is 10.3. The maximum Gasteiger partial charge on any atom is 0.737 e. The second-order valence-corrected chi connectivity index (χ2v) is 15.0. The molecule has 4 aliphatic rings. The van der Waals surface area contributed by atoms with E-state index in [-0.39, 0.29) is 0 Å². The number of fused-ring (bicyclic) bond motifs is 2. The first-order chi connectivity index (χ1) is 28.6. The third kappa shape index (κ3) is 9.29. The molecule has 1 aromatic heterocycles. The lowest BCUT2D eigenvalue weighted by atomic mass is 9.84. The number of aryl methyl sites for hydroxylation is 2. The van der Waals surface area contributed by atoms with Gasteiger partial charge in [-0.1, -0.05) is 18.2 Å². The molecular formula is C43H57BF2N6O7. The Balaban J connectivity index is 1.13. The first kappa shape index (κ1) is 42.6. The largest absolute Gasteiger partial charge is 0.737 e. The molecule has 0 aliphatic carbocycles. The summed E-state index contributed by atoms with van der Waals surface area (Å²) in [7, 11) is 3.60. The summed E-state index contributed by atoms with van der Waals surface area (Å²) in [6, 6.07) is 16.1. The molecule has 318 valence electrons. The fraction of sp³-hybridized carbons (Fsp3) is 0.465. The highest BCUT2D eigenvalue weighted by atomic mass is 19.2. The number of anilines is 2. The summed E-state index contributed by atoms with van der Waals surface area (Å²) in [5.41, 5.74) is 12.7. The Morgan fingerprint density at radius 2 is 1.36 bits per heavy atom. The van der Waals surface area contributed by atoms with E-state index in [9.17, 15) is 0 Å². The molecule has 0 saturated carbocycles. The molecule has 13 nitrogen and oxygen atoms in total. The van der Waals surface area contributed by atoms with Crippen molar-refractivity contribution in [1.82, 2.24) is 15.0 Å². The van der Waals surface area contributed by atoms with Crippen molar-refractivity contribution in [3.63, 3.8) is 0 Å². The Morgan fingerprint density at radius 3 is 1.97 bits per heavy atom. The summed E-state index contributed by atoms with van der Waals surface area (Å²) in [5, 5.41) is 3.92. The molecule has 0 amide bonds. The van der Waals surface area contributed by atoms with Crippen LogP contribution >= 0.6 is 0 Å². The number of ether oxygens (including phenoxy) is 7. The standard InChI is InChI=1S/C43H57BF2N6O7/c1-31-27-33(3)51-42(31)41(43-32(2)28-34(4)52(43)44(51,45)46)35-7-10-37(11-8-35)50-30-38(47-48(50)5)36-9-12-39(40(29-36)59-26-17-53-6)49-13-15-54-18-20-56-22-24-58-25-23-57-21-19-55-16-14-49/h7-12,27-30,47H,13-26H2,1-6H3. The first-order valence-corrected chi connectivity index (χ1v) is 20.4. The molecule has 4 aliphatic heterocycles. The smallest absolute Gasteiger partial charge is 0.489 e. The molecule has 2 aromatic carbocycles. The van der Waals surface area contributed by atoms with Gasteiger partial charge >= 0.3 is 6.97 Å². The molecule has 0 unspecified atom stereocenters. The van der Waals surface area contributed by atoms with Crippen molar-refractivity contribution in [2.75, 3.05) is 116 Å². The van der Waals surface area contributed by atoms with Crippen LogP contribution in [-0.4, -0.2) is 133 Å². The first-order valence-electron chi connectivity index (χ1n) is 20.4. The van der Waals surface area contributed by atoms with E-state index in [1.54, 1.807) is 21.0 Å². The highest BCUT2D eigenvalue weighted by Crippen LogP contribution is 2.44.